The molecule has 0 bridgehead atoms. The molecule has 0 fully saturated rings. The van der Waals surface area contributed by atoms with Crippen LogP contribution >= 0.6 is 0 Å². The van der Waals surface area contributed by atoms with Gasteiger partial charge >= 0.3 is 5.97 Å². The molecule has 2 aromatic heterocycles. The van der Waals surface area contributed by atoms with Gasteiger partial charge in [0.25, 0.3) is 0 Å². The number of nitrogens with zero attached hydrogens (tertiary/aromatic N) is 2. The van der Waals surface area contributed by atoms with Crippen LogP contribution in [0.3, 0.4) is 0 Å². The van der Waals surface area contributed by atoms with Gasteiger partial charge < -0.3 is 14.0 Å². The third kappa shape index (κ3) is 3.50. The quantitative estimate of drug-likeness (QED) is 0.660. The SMILES string of the molecule is COC(=O)c1cccnc1OCc1c(-c2cccc(F)c2)noc1C. The molecule has 0 spiro atoms. The molecule has 6 nitrogen and oxygen atoms in total. The lowest BCUT2D eigenvalue weighted by Gasteiger charge is -2.09. The van der Waals surface area contributed by atoms with Crippen molar-refractivity contribution < 1.29 is 23.2 Å². The molecule has 0 aliphatic rings. The molecule has 128 valence electrons. The van der Waals surface area contributed by atoms with Gasteiger partial charge in [-0.15, -0.1) is 0 Å². The summed E-state index contributed by atoms with van der Waals surface area (Å²) in [4.78, 5) is 15.8. The topological polar surface area (TPSA) is 74.5 Å². The fourth-order valence-corrected chi connectivity index (χ4v) is 2.34. The third-order valence-corrected chi connectivity index (χ3v) is 3.61. The van der Waals surface area contributed by atoms with E-state index in [1.54, 1.807) is 31.2 Å². The largest absolute Gasteiger partial charge is 0.472 e. The molecule has 1 aromatic carbocycles. The molecular formula is C18H15FN2O4. The Balaban J connectivity index is 1.88. The van der Waals surface area contributed by atoms with E-state index in [4.69, 9.17) is 14.0 Å². The van der Waals surface area contributed by atoms with Crippen LogP contribution in [0.1, 0.15) is 21.7 Å². The molecule has 3 rings (SSSR count). The van der Waals surface area contributed by atoms with Crippen molar-refractivity contribution in [3.05, 3.63) is 65.3 Å². The smallest absolute Gasteiger partial charge is 0.343 e. The first-order valence-electron chi connectivity index (χ1n) is 7.47. The van der Waals surface area contributed by atoms with Crippen molar-refractivity contribution in [2.75, 3.05) is 7.11 Å². The number of aromatic nitrogens is 2. The zero-order valence-corrected chi connectivity index (χ0v) is 13.7. The Labute approximate surface area is 143 Å². The van der Waals surface area contributed by atoms with Crippen molar-refractivity contribution in [3.8, 4) is 17.1 Å². The number of carbonyl (C=O) groups is 1. The molecule has 7 heteroatoms. The fraction of sp³-hybridized carbons (Fsp3) is 0.167. The van der Waals surface area contributed by atoms with E-state index in [9.17, 15) is 9.18 Å². The number of methoxy groups -OCH3 is 1. The Morgan fingerprint density at radius 3 is 2.88 bits per heavy atom. The minimum Gasteiger partial charge on any atom is -0.472 e. The predicted molar refractivity (Wildman–Crippen MR) is 86.5 cm³/mol. The molecule has 0 unspecified atom stereocenters. The number of ether oxygens (including phenoxy) is 2. The van der Waals surface area contributed by atoms with Gasteiger partial charge in [0.2, 0.25) is 5.88 Å². The summed E-state index contributed by atoms with van der Waals surface area (Å²) < 4.78 is 29.1. The summed E-state index contributed by atoms with van der Waals surface area (Å²) in [6.07, 6.45) is 1.51. The summed E-state index contributed by atoms with van der Waals surface area (Å²) >= 11 is 0. The van der Waals surface area contributed by atoms with Crippen molar-refractivity contribution in [3.63, 3.8) is 0 Å². The van der Waals surface area contributed by atoms with Gasteiger partial charge in [0.15, 0.2) is 0 Å². The molecule has 0 N–H and O–H groups in total. The maximum atomic E-state index is 13.5. The number of rotatable bonds is 5. The maximum absolute atomic E-state index is 13.5. The number of carbonyl (C=O) groups excluding carboxylic acids is 1. The first-order chi connectivity index (χ1) is 12.1. The van der Waals surface area contributed by atoms with Crippen LogP contribution in [0.2, 0.25) is 0 Å². The number of hydrogen-bond donors (Lipinski definition) is 0. The van der Waals surface area contributed by atoms with Crippen molar-refractivity contribution in [1.29, 1.82) is 0 Å². The Morgan fingerprint density at radius 1 is 1.28 bits per heavy atom. The molecular weight excluding hydrogens is 327 g/mol. The van der Waals surface area contributed by atoms with Gasteiger partial charge in [-0.2, -0.15) is 0 Å². The molecule has 2 heterocycles. The second-order valence-corrected chi connectivity index (χ2v) is 5.21. The van der Waals surface area contributed by atoms with Crippen LogP contribution in [0.4, 0.5) is 4.39 Å². The van der Waals surface area contributed by atoms with Gasteiger partial charge in [-0.1, -0.05) is 17.3 Å². The van der Waals surface area contributed by atoms with Gasteiger partial charge in [0, 0.05) is 11.8 Å². The van der Waals surface area contributed by atoms with Gasteiger partial charge in [-0.05, 0) is 31.2 Å². The Morgan fingerprint density at radius 2 is 2.12 bits per heavy atom. The molecule has 25 heavy (non-hydrogen) atoms. The van der Waals surface area contributed by atoms with E-state index in [0.717, 1.165) is 0 Å². The Bertz CT molecular complexity index is 908. The summed E-state index contributed by atoms with van der Waals surface area (Å²) in [5, 5.41) is 3.98. The zero-order valence-electron chi connectivity index (χ0n) is 13.7. The van der Waals surface area contributed by atoms with Crippen LogP contribution in [0.15, 0.2) is 47.1 Å². The van der Waals surface area contributed by atoms with E-state index < -0.39 is 5.97 Å². The first kappa shape index (κ1) is 16.6. The number of pyridine rings is 1. The summed E-state index contributed by atoms with van der Waals surface area (Å²) in [6, 6.07) is 9.20. The summed E-state index contributed by atoms with van der Waals surface area (Å²) in [5.74, 6) is -0.242. The van der Waals surface area contributed by atoms with Gasteiger partial charge in [0.05, 0.1) is 12.7 Å². The standard InChI is InChI=1S/C18H15FN2O4/c1-11-15(16(21-25-11)12-5-3-6-13(19)9-12)10-24-17-14(18(22)23-2)7-4-8-20-17/h3-9H,10H2,1-2H3. The van der Waals surface area contributed by atoms with Crippen LogP contribution < -0.4 is 4.74 Å². The fourth-order valence-electron chi connectivity index (χ4n) is 2.34. The Kier molecular flexibility index (Phi) is 4.74. The number of hydrogen-bond acceptors (Lipinski definition) is 6. The van der Waals surface area contributed by atoms with Gasteiger partial charge in [0.1, 0.15) is 29.4 Å². The lowest BCUT2D eigenvalue weighted by molar-refractivity contribution is 0.0594. The van der Waals surface area contributed by atoms with Crippen LogP contribution in [0, 0.1) is 12.7 Å². The summed E-state index contributed by atoms with van der Waals surface area (Å²) in [7, 11) is 1.28. The molecule has 0 amide bonds. The average molecular weight is 342 g/mol. The van der Waals surface area contributed by atoms with E-state index in [2.05, 4.69) is 10.1 Å². The highest BCUT2D eigenvalue weighted by Crippen LogP contribution is 2.27. The van der Waals surface area contributed by atoms with Crippen molar-refractivity contribution >= 4 is 5.97 Å². The van der Waals surface area contributed by atoms with Crippen LogP contribution in [0.25, 0.3) is 11.3 Å². The summed E-state index contributed by atoms with van der Waals surface area (Å²) in [5.41, 5.74) is 1.91. The molecule has 3 aromatic rings. The number of aryl methyl sites for hydroxylation is 1. The highest BCUT2D eigenvalue weighted by atomic mass is 19.1. The monoisotopic (exact) mass is 342 g/mol. The lowest BCUT2D eigenvalue weighted by Crippen LogP contribution is -2.07. The number of benzene rings is 1. The first-order valence-corrected chi connectivity index (χ1v) is 7.47. The zero-order chi connectivity index (χ0) is 17.8. The molecule has 0 saturated heterocycles. The lowest BCUT2D eigenvalue weighted by atomic mass is 10.1. The van der Waals surface area contributed by atoms with E-state index >= 15 is 0 Å². The van der Waals surface area contributed by atoms with Crippen molar-refractivity contribution in [2.24, 2.45) is 0 Å². The van der Waals surface area contributed by atoms with Crippen molar-refractivity contribution in [1.82, 2.24) is 10.1 Å². The minimum atomic E-state index is -0.546. The molecule has 0 aliphatic heterocycles. The van der Waals surface area contributed by atoms with Gasteiger partial charge in [-0.25, -0.2) is 14.2 Å². The average Bonchev–Trinajstić information content (AvgIpc) is 3.00. The molecule has 0 saturated carbocycles. The normalized spacial score (nSPS) is 10.5. The van der Waals surface area contributed by atoms with E-state index in [1.807, 2.05) is 0 Å². The second kappa shape index (κ2) is 7.12. The predicted octanol–water partition coefficient (Wildman–Crippen LogP) is 3.55. The molecule has 0 radical (unpaired) electrons. The van der Waals surface area contributed by atoms with Crippen LogP contribution in [0.5, 0.6) is 5.88 Å². The Hall–Kier alpha value is -3.22. The number of halogens is 1. The molecule has 0 atom stereocenters. The van der Waals surface area contributed by atoms with E-state index in [-0.39, 0.29) is 23.9 Å². The third-order valence-electron chi connectivity index (χ3n) is 3.61. The van der Waals surface area contributed by atoms with Crippen LogP contribution in [-0.4, -0.2) is 23.2 Å². The summed E-state index contributed by atoms with van der Waals surface area (Å²) in [6.45, 7) is 1.79. The van der Waals surface area contributed by atoms with E-state index in [0.29, 0.717) is 22.6 Å². The maximum Gasteiger partial charge on any atom is 0.343 e. The highest BCUT2D eigenvalue weighted by molar-refractivity contribution is 5.91. The minimum absolute atomic E-state index is 0.0577. The molecule has 0 aliphatic carbocycles. The number of esters is 1. The van der Waals surface area contributed by atoms with E-state index in [1.165, 1.54) is 25.4 Å². The highest BCUT2D eigenvalue weighted by Gasteiger charge is 2.18. The second-order valence-electron chi connectivity index (χ2n) is 5.21. The van der Waals surface area contributed by atoms with Crippen LogP contribution in [-0.2, 0) is 11.3 Å². The van der Waals surface area contributed by atoms with Gasteiger partial charge in [-0.3, -0.25) is 0 Å². The van der Waals surface area contributed by atoms with Crippen molar-refractivity contribution in [2.45, 2.75) is 13.5 Å².